The summed E-state index contributed by atoms with van der Waals surface area (Å²) >= 11 is 3.14. The van der Waals surface area contributed by atoms with E-state index in [9.17, 15) is 0 Å². The van der Waals surface area contributed by atoms with Crippen molar-refractivity contribution in [3.8, 4) is 0 Å². The van der Waals surface area contributed by atoms with Crippen molar-refractivity contribution >= 4 is 70.2 Å². The topological polar surface area (TPSA) is 29.0 Å². The van der Waals surface area contributed by atoms with Gasteiger partial charge in [0, 0.05) is 22.4 Å². The second kappa shape index (κ2) is 11.6. The molecule has 11 rings (SSSR count). The maximum Gasteiger partial charge on any atom is 0.112 e. The van der Waals surface area contributed by atoms with Gasteiger partial charge in [0.15, 0.2) is 0 Å². The molecule has 0 saturated heterocycles. The lowest BCUT2D eigenvalue weighted by molar-refractivity contribution is 0.917. The van der Waals surface area contributed by atoms with Gasteiger partial charge in [-0.3, -0.25) is 0 Å². The van der Waals surface area contributed by atoms with Crippen molar-refractivity contribution in [3.05, 3.63) is 142 Å². The molecule has 1 aromatic heterocycles. The van der Waals surface area contributed by atoms with E-state index in [1.807, 2.05) is 17.8 Å². The molecular weight excluding hydrogens is 575 g/mol. The lowest BCUT2D eigenvalue weighted by atomic mass is 9.90. The average Bonchev–Trinajstić information content (AvgIpc) is 3.54. The molecule has 0 amide bonds. The molecule has 0 spiro atoms. The van der Waals surface area contributed by atoms with E-state index in [0.29, 0.717) is 0 Å². The van der Waals surface area contributed by atoms with E-state index in [1.54, 1.807) is 0 Å². The van der Waals surface area contributed by atoms with Gasteiger partial charge in [0.05, 0.1) is 23.1 Å². The van der Waals surface area contributed by atoms with Crippen molar-refractivity contribution in [2.24, 2.45) is 0 Å². The van der Waals surface area contributed by atoms with Gasteiger partial charge in [0.2, 0.25) is 0 Å². The third-order valence-electron chi connectivity index (χ3n) is 8.79. The van der Waals surface area contributed by atoms with Crippen LogP contribution in [-0.4, -0.2) is 15.8 Å². The molecule has 5 aromatic carbocycles. The highest BCUT2D eigenvalue weighted by Gasteiger charge is 2.20. The summed E-state index contributed by atoms with van der Waals surface area (Å²) in [6, 6.07) is 35.8. The van der Waals surface area contributed by atoms with Crippen molar-refractivity contribution in [2.75, 3.05) is 11.9 Å². The predicted molar refractivity (Wildman–Crippen MR) is 188 cm³/mol. The Balaban J connectivity index is 1.05. The molecule has 0 N–H and O–H groups in total. The van der Waals surface area contributed by atoms with Crippen molar-refractivity contribution in [1.29, 1.82) is 0 Å². The Kier molecular flexibility index (Phi) is 7.13. The minimum Gasteiger partial charge on any atom is -0.343 e. The first-order valence-corrected chi connectivity index (χ1v) is 16.7. The molecular formula is C39H31N3S2. The van der Waals surface area contributed by atoms with Crippen LogP contribution in [-0.2, 0) is 25.7 Å². The smallest absolute Gasteiger partial charge is 0.112 e. The fraction of sp³-hybridized carbons (Fsp3) is 0.128. The van der Waals surface area contributed by atoms with E-state index in [1.165, 1.54) is 71.8 Å². The van der Waals surface area contributed by atoms with E-state index in [4.69, 9.17) is 0 Å². The van der Waals surface area contributed by atoms with Gasteiger partial charge < -0.3 is 4.90 Å². The van der Waals surface area contributed by atoms with Crippen LogP contribution in [0.2, 0.25) is 0 Å². The lowest BCUT2D eigenvalue weighted by Crippen LogP contribution is -2.14. The number of rotatable bonds is 4. The maximum atomic E-state index is 4.52. The van der Waals surface area contributed by atoms with Crippen LogP contribution in [0.3, 0.4) is 0 Å². The summed E-state index contributed by atoms with van der Waals surface area (Å²) < 4.78 is 8.92. The van der Waals surface area contributed by atoms with Gasteiger partial charge in [-0.1, -0.05) is 103 Å². The van der Waals surface area contributed by atoms with Crippen molar-refractivity contribution in [2.45, 2.75) is 35.5 Å². The largest absolute Gasteiger partial charge is 0.343 e. The molecule has 0 unspecified atom stereocenters. The Bertz CT molecular complexity index is 2090. The zero-order valence-corrected chi connectivity index (χ0v) is 26.2. The minimum atomic E-state index is 0.963. The van der Waals surface area contributed by atoms with Crippen LogP contribution in [0.1, 0.15) is 44.5 Å². The van der Waals surface area contributed by atoms with Crippen molar-refractivity contribution in [3.63, 3.8) is 0 Å². The van der Waals surface area contributed by atoms with Gasteiger partial charge in [0.25, 0.3) is 0 Å². The number of nitrogens with zero attached hydrogens (tertiary/aromatic N) is 3. The van der Waals surface area contributed by atoms with Crippen LogP contribution in [0.25, 0.3) is 35.3 Å². The molecule has 4 bridgehead atoms. The first-order chi connectivity index (χ1) is 21.7. The van der Waals surface area contributed by atoms with Gasteiger partial charge in [-0.25, -0.2) is 0 Å². The number of aryl methyl sites for hydroxylation is 4. The van der Waals surface area contributed by atoms with E-state index >= 15 is 0 Å². The Labute approximate surface area is 266 Å². The third kappa shape index (κ3) is 5.27. The Morgan fingerprint density at radius 3 is 2.09 bits per heavy atom. The fourth-order valence-corrected chi connectivity index (χ4v) is 8.07. The van der Waals surface area contributed by atoms with Crippen LogP contribution in [0, 0.1) is 0 Å². The Morgan fingerprint density at radius 1 is 0.591 bits per heavy atom. The summed E-state index contributed by atoms with van der Waals surface area (Å²) in [5.74, 6) is 0. The molecule has 0 saturated carbocycles. The summed E-state index contributed by atoms with van der Waals surface area (Å²) in [6.07, 6.45) is 13.1. The van der Waals surface area contributed by atoms with Crippen molar-refractivity contribution in [1.82, 2.24) is 8.75 Å². The van der Waals surface area contributed by atoms with Crippen LogP contribution >= 0.6 is 23.5 Å². The first-order valence-electron chi connectivity index (χ1n) is 15.1. The Morgan fingerprint density at radius 2 is 1.30 bits per heavy atom. The number of para-hydroxylation sites is 1. The fourth-order valence-electron chi connectivity index (χ4n) is 6.31. The molecule has 0 fully saturated rings. The van der Waals surface area contributed by atoms with Crippen LogP contribution in [0.15, 0.2) is 107 Å². The zero-order chi connectivity index (χ0) is 29.5. The highest BCUT2D eigenvalue weighted by Crippen LogP contribution is 2.47. The van der Waals surface area contributed by atoms with E-state index in [0.717, 1.165) is 42.3 Å². The van der Waals surface area contributed by atoms with E-state index in [-0.39, 0.29) is 0 Å². The van der Waals surface area contributed by atoms with Crippen molar-refractivity contribution < 1.29 is 0 Å². The molecule has 1 aliphatic heterocycles. The number of hydrogen-bond acceptors (Lipinski definition) is 5. The summed E-state index contributed by atoms with van der Waals surface area (Å²) in [6.45, 7) is 0. The number of fused-ring (bicyclic) bond motifs is 3. The highest BCUT2D eigenvalue weighted by molar-refractivity contribution is 7.99. The molecule has 5 aliphatic rings. The normalized spacial score (nSPS) is 14.2. The summed E-state index contributed by atoms with van der Waals surface area (Å²) in [5, 5.41) is 0. The van der Waals surface area contributed by atoms with Gasteiger partial charge >= 0.3 is 0 Å². The number of benzene rings is 5. The quantitative estimate of drug-likeness (QED) is 0.187. The minimum absolute atomic E-state index is 0.963. The molecule has 0 radical (unpaired) electrons. The molecule has 3 nitrogen and oxygen atoms in total. The van der Waals surface area contributed by atoms with Gasteiger partial charge in [0.1, 0.15) is 11.0 Å². The third-order valence-corrected chi connectivity index (χ3v) is 10.4. The monoisotopic (exact) mass is 605 g/mol. The predicted octanol–water partition coefficient (Wildman–Crippen LogP) is 10.1. The Hall–Kier alpha value is -4.45. The molecule has 6 aromatic rings. The average molecular weight is 606 g/mol. The zero-order valence-electron chi connectivity index (χ0n) is 24.5. The number of aromatic nitrogens is 2. The molecule has 5 heteroatoms. The summed E-state index contributed by atoms with van der Waals surface area (Å²) in [7, 11) is 2.16. The van der Waals surface area contributed by atoms with E-state index in [2.05, 4.69) is 136 Å². The SMILES string of the molecule is CN1c2ccccc2Sc2cc(/C=C/c3cc4ccc3CCc3ccc(c(/C=C/c5cccc6nsnc56)c3)CC4)ccc21. The molecule has 2 heterocycles. The molecule has 4 aliphatic carbocycles. The van der Waals surface area contributed by atoms with Crippen LogP contribution in [0.4, 0.5) is 11.4 Å². The molecule has 44 heavy (non-hydrogen) atoms. The van der Waals surface area contributed by atoms with Gasteiger partial charge in [-0.2, -0.15) is 8.75 Å². The standard InChI is InChI=1S/C39H31N3S2/c1-42-35-7-2-3-8-37(35)43-38-25-28(14-22-36(38)42)13-19-32-23-26-9-15-29(32)16-10-27-12-18-30(17-11-26)33(24-27)21-20-31-5-4-6-34-39(31)41-44-40-34/h2-9,12-15,18-25H,10-11,16-17H2,1H3/b19-13+,21-20+. The van der Waals surface area contributed by atoms with Crippen LogP contribution < -0.4 is 4.90 Å². The molecule has 0 atom stereocenters. The summed E-state index contributed by atoms with van der Waals surface area (Å²) in [4.78, 5) is 4.91. The highest BCUT2D eigenvalue weighted by atomic mass is 32.2. The second-order valence-corrected chi connectivity index (χ2v) is 13.2. The second-order valence-electron chi connectivity index (χ2n) is 11.6. The number of hydrogen-bond donors (Lipinski definition) is 0. The van der Waals surface area contributed by atoms with Crippen LogP contribution in [0.5, 0.6) is 0 Å². The van der Waals surface area contributed by atoms with E-state index < -0.39 is 0 Å². The maximum absolute atomic E-state index is 4.52. The van der Waals surface area contributed by atoms with Gasteiger partial charge in [-0.15, -0.1) is 0 Å². The lowest BCUT2D eigenvalue weighted by Gasteiger charge is -2.29. The first kappa shape index (κ1) is 27.1. The molecule has 214 valence electrons. The summed E-state index contributed by atoms with van der Waals surface area (Å²) in [5.41, 5.74) is 15.0. The van der Waals surface area contributed by atoms with Gasteiger partial charge in [-0.05, 0) is 95.0 Å². The number of anilines is 2.